The van der Waals surface area contributed by atoms with E-state index in [4.69, 9.17) is 4.74 Å². The van der Waals surface area contributed by atoms with Crippen LogP contribution in [-0.4, -0.2) is 49.3 Å². The van der Waals surface area contributed by atoms with E-state index in [1.54, 1.807) is 7.05 Å². The van der Waals surface area contributed by atoms with E-state index in [2.05, 4.69) is 10.6 Å². The molecule has 6 nitrogen and oxygen atoms in total. The molecule has 1 aromatic rings. The van der Waals surface area contributed by atoms with Crippen LogP contribution in [0.4, 0.5) is 9.59 Å². The predicted molar refractivity (Wildman–Crippen MR) is 90.4 cm³/mol. The number of ether oxygens (including phenoxy) is 1. The van der Waals surface area contributed by atoms with Gasteiger partial charge < -0.3 is 20.3 Å². The second kappa shape index (κ2) is 9.02. The summed E-state index contributed by atoms with van der Waals surface area (Å²) in [7, 11) is 1.64. The van der Waals surface area contributed by atoms with Crippen LogP contribution in [0.3, 0.4) is 0 Å². The monoisotopic (exact) mass is 321 g/mol. The minimum absolute atomic E-state index is 0.237. The second-order valence-corrected chi connectivity index (χ2v) is 6.32. The molecule has 0 heterocycles. The SMILES string of the molecule is CN(CCNC(=O)NCCc1ccccc1)C(=O)OC(C)(C)C. The van der Waals surface area contributed by atoms with Crippen molar-refractivity contribution in [2.75, 3.05) is 26.7 Å². The molecule has 2 N–H and O–H groups in total. The fraction of sp³-hybridized carbons (Fsp3) is 0.529. The van der Waals surface area contributed by atoms with E-state index in [9.17, 15) is 9.59 Å². The topological polar surface area (TPSA) is 70.7 Å². The van der Waals surface area contributed by atoms with Crippen LogP contribution in [0.2, 0.25) is 0 Å². The van der Waals surface area contributed by atoms with Gasteiger partial charge in [-0.2, -0.15) is 0 Å². The molecule has 6 heteroatoms. The fourth-order valence-electron chi connectivity index (χ4n) is 1.80. The van der Waals surface area contributed by atoms with Gasteiger partial charge in [0.25, 0.3) is 0 Å². The van der Waals surface area contributed by atoms with Crippen molar-refractivity contribution >= 4 is 12.1 Å². The molecular weight excluding hydrogens is 294 g/mol. The third-order valence-corrected chi connectivity index (χ3v) is 2.98. The lowest BCUT2D eigenvalue weighted by Crippen LogP contribution is -2.42. The van der Waals surface area contributed by atoms with Crippen LogP contribution in [0, 0.1) is 0 Å². The molecule has 1 rings (SSSR count). The van der Waals surface area contributed by atoms with Crippen molar-refractivity contribution in [3.05, 3.63) is 35.9 Å². The quantitative estimate of drug-likeness (QED) is 0.845. The highest BCUT2D eigenvalue weighted by molar-refractivity contribution is 5.74. The molecule has 0 aliphatic rings. The highest BCUT2D eigenvalue weighted by Crippen LogP contribution is 2.08. The van der Waals surface area contributed by atoms with Crippen LogP contribution in [0.25, 0.3) is 0 Å². The molecular formula is C17H27N3O3. The van der Waals surface area contributed by atoms with Crippen molar-refractivity contribution in [1.29, 1.82) is 0 Å². The summed E-state index contributed by atoms with van der Waals surface area (Å²) in [6.07, 6.45) is 0.385. The molecule has 0 spiro atoms. The largest absolute Gasteiger partial charge is 0.444 e. The zero-order valence-electron chi connectivity index (χ0n) is 14.4. The highest BCUT2D eigenvalue weighted by atomic mass is 16.6. The van der Waals surface area contributed by atoms with Gasteiger partial charge in [-0.05, 0) is 32.8 Å². The summed E-state index contributed by atoms with van der Waals surface area (Å²) in [5, 5.41) is 5.51. The molecule has 23 heavy (non-hydrogen) atoms. The molecule has 0 saturated carbocycles. The van der Waals surface area contributed by atoms with Crippen molar-refractivity contribution in [3.63, 3.8) is 0 Å². The van der Waals surface area contributed by atoms with Crippen molar-refractivity contribution in [2.45, 2.75) is 32.8 Å². The van der Waals surface area contributed by atoms with E-state index in [1.165, 1.54) is 10.5 Å². The van der Waals surface area contributed by atoms with Gasteiger partial charge in [-0.1, -0.05) is 30.3 Å². The average molecular weight is 321 g/mol. The molecule has 0 saturated heterocycles. The average Bonchev–Trinajstić information content (AvgIpc) is 2.46. The summed E-state index contributed by atoms with van der Waals surface area (Å²) < 4.78 is 5.23. The van der Waals surface area contributed by atoms with Gasteiger partial charge in [-0.3, -0.25) is 0 Å². The number of carbonyl (C=O) groups is 2. The first-order valence-corrected chi connectivity index (χ1v) is 7.77. The van der Waals surface area contributed by atoms with Gasteiger partial charge in [0.2, 0.25) is 0 Å². The van der Waals surface area contributed by atoms with Crippen LogP contribution in [0.1, 0.15) is 26.3 Å². The van der Waals surface area contributed by atoms with Gasteiger partial charge >= 0.3 is 12.1 Å². The standard InChI is InChI=1S/C17H27N3O3/c1-17(2,3)23-16(22)20(4)13-12-19-15(21)18-11-10-14-8-6-5-7-9-14/h5-9H,10-13H2,1-4H3,(H2,18,19,21). The Kier molecular flexibility index (Phi) is 7.38. The number of nitrogens with one attached hydrogen (secondary N) is 2. The van der Waals surface area contributed by atoms with Crippen molar-refractivity contribution in [1.82, 2.24) is 15.5 Å². The molecule has 0 aromatic heterocycles. The van der Waals surface area contributed by atoms with Gasteiger partial charge in [0, 0.05) is 26.7 Å². The molecule has 128 valence electrons. The maximum absolute atomic E-state index is 11.7. The maximum atomic E-state index is 11.7. The lowest BCUT2D eigenvalue weighted by Gasteiger charge is -2.24. The summed E-state index contributed by atoms with van der Waals surface area (Å²) in [6, 6.07) is 9.72. The zero-order valence-corrected chi connectivity index (χ0v) is 14.4. The van der Waals surface area contributed by atoms with Gasteiger partial charge in [0.15, 0.2) is 0 Å². The Balaban J connectivity index is 2.15. The third kappa shape index (κ3) is 8.70. The highest BCUT2D eigenvalue weighted by Gasteiger charge is 2.19. The molecule has 0 fully saturated rings. The maximum Gasteiger partial charge on any atom is 0.410 e. The van der Waals surface area contributed by atoms with E-state index < -0.39 is 11.7 Å². The van der Waals surface area contributed by atoms with Crippen molar-refractivity contribution < 1.29 is 14.3 Å². The second-order valence-electron chi connectivity index (χ2n) is 6.32. The Hall–Kier alpha value is -2.24. The van der Waals surface area contributed by atoms with Gasteiger partial charge in [0.05, 0.1) is 0 Å². The number of nitrogens with zero attached hydrogens (tertiary/aromatic N) is 1. The number of rotatable bonds is 6. The Morgan fingerprint density at radius 2 is 1.70 bits per heavy atom. The van der Waals surface area contributed by atoms with Gasteiger partial charge in [-0.25, -0.2) is 9.59 Å². The summed E-state index contributed by atoms with van der Waals surface area (Å²) >= 11 is 0. The van der Waals surface area contributed by atoms with Crippen LogP contribution in [0.5, 0.6) is 0 Å². The minimum atomic E-state index is -0.520. The number of carbonyl (C=O) groups excluding carboxylic acids is 2. The Labute approximate surface area is 138 Å². The van der Waals surface area contributed by atoms with E-state index in [1.807, 2.05) is 51.1 Å². The number of likely N-dealkylation sites (N-methyl/N-ethyl adjacent to an activating group) is 1. The van der Waals surface area contributed by atoms with Gasteiger partial charge in [0.1, 0.15) is 5.60 Å². The van der Waals surface area contributed by atoms with E-state index in [0.717, 1.165) is 6.42 Å². The number of hydrogen-bond donors (Lipinski definition) is 2. The lowest BCUT2D eigenvalue weighted by molar-refractivity contribution is 0.0301. The first-order valence-electron chi connectivity index (χ1n) is 7.77. The number of urea groups is 1. The van der Waals surface area contributed by atoms with E-state index in [0.29, 0.717) is 19.6 Å². The summed E-state index contributed by atoms with van der Waals surface area (Å²) in [5.74, 6) is 0. The normalized spacial score (nSPS) is 10.8. The molecule has 0 unspecified atom stereocenters. The first kappa shape index (κ1) is 18.8. The summed E-state index contributed by atoms with van der Waals surface area (Å²) in [6.45, 7) is 6.78. The molecule has 0 aliphatic carbocycles. The molecule has 0 radical (unpaired) electrons. The minimum Gasteiger partial charge on any atom is -0.444 e. The molecule has 0 bridgehead atoms. The first-order chi connectivity index (χ1) is 10.8. The smallest absolute Gasteiger partial charge is 0.410 e. The van der Waals surface area contributed by atoms with Gasteiger partial charge in [-0.15, -0.1) is 0 Å². The predicted octanol–water partition coefficient (Wildman–Crippen LogP) is 2.40. The lowest BCUT2D eigenvalue weighted by atomic mass is 10.1. The van der Waals surface area contributed by atoms with Crippen LogP contribution in [-0.2, 0) is 11.2 Å². The Bertz CT molecular complexity index is 498. The summed E-state index contributed by atoms with van der Waals surface area (Å²) in [4.78, 5) is 24.8. The van der Waals surface area contributed by atoms with E-state index >= 15 is 0 Å². The molecule has 0 aliphatic heterocycles. The van der Waals surface area contributed by atoms with Crippen molar-refractivity contribution in [3.8, 4) is 0 Å². The molecule has 3 amide bonds. The van der Waals surface area contributed by atoms with Crippen LogP contribution in [0.15, 0.2) is 30.3 Å². The van der Waals surface area contributed by atoms with Crippen molar-refractivity contribution in [2.24, 2.45) is 0 Å². The number of amides is 3. The molecule has 1 aromatic carbocycles. The van der Waals surface area contributed by atoms with Crippen LogP contribution < -0.4 is 10.6 Å². The van der Waals surface area contributed by atoms with E-state index in [-0.39, 0.29) is 6.03 Å². The Morgan fingerprint density at radius 1 is 1.09 bits per heavy atom. The van der Waals surface area contributed by atoms with Crippen LogP contribution >= 0.6 is 0 Å². The zero-order chi connectivity index (χ0) is 17.3. The molecule has 0 atom stereocenters. The number of hydrogen-bond acceptors (Lipinski definition) is 3. The third-order valence-electron chi connectivity index (χ3n) is 2.98. The fourth-order valence-corrected chi connectivity index (χ4v) is 1.80. The summed E-state index contributed by atoms with van der Waals surface area (Å²) in [5.41, 5.74) is 0.658. The number of benzene rings is 1. The Morgan fingerprint density at radius 3 is 2.30 bits per heavy atom.